The second-order valence-corrected chi connectivity index (χ2v) is 4.14. The van der Waals surface area contributed by atoms with Crippen molar-refractivity contribution in [1.82, 2.24) is 14.8 Å². The molecule has 0 fully saturated rings. The SMILES string of the molecule is Cn1cc(NC(=O)Cc2ccncc2)c(C(F)(F)F)n1. The molecule has 0 saturated heterocycles. The van der Waals surface area contributed by atoms with Gasteiger partial charge in [0.05, 0.1) is 12.1 Å². The van der Waals surface area contributed by atoms with Crippen LogP contribution in [0.3, 0.4) is 0 Å². The zero-order valence-electron chi connectivity index (χ0n) is 10.5. The first-order valence-corrected chi connectivity index (χ1v) is 5.66. The van der Waals surface area contributed by atoms with E-state index < -0.39 is 17.8 Å². The van der Waals surface area contributed by atoms with Crippen LogP contribution >= 0.6 is 0 Å². The first-order valence-electron chi connectivity index (χ1n) is 5.66. The van der Waals surface area contributed by atoms with Crippen LogP contribution in [0.2, 0.25) is 0 Å². The number of carbonyl (C=O) groups excluding carboxylic acids is 1. The minimum absolute atomic E-state index is 0.0330. The van der Waals surface area contributed by atoms with Gasteiger partial charge in [-0.2, -0.15) is 18.3 Å². The van der Waals surface area contributed by atoms with Gasteiger partial charge in [0, 0.05) is 25.6 Å². The number of carbonyl (C=O) groups is 1. The van der Waals surface area contributed by atoms with E-state index in [0.29, 0.717) is 5.56 Å². The fourth-order valence-electron chi connectivity index (χ4n) is 1.67. The molecule has 8 heteroatoms. The third-order valence-electron chi connectivity index (χ3n) is 2.49. The largest absolute Gasteiger partial charge is 0.437 e. The van der Waals surface area contributed by atoms with Crippen LogP contribution in [0.25, 0.3) is 0 Å². The van der Waals surface area contributed by atoms with Crippen molar-refractivity contribution < 1.29 is 18.0 Å². The predicted octanol–water partition coefficient (Wildman–Crippen LogP) is 2.02. The summed E-state index contributed by atoms with van der Waals surface area (Å²) in [4.78, 5) is 15.5. The van der Waals surface area contributed by atoms with E-state index >= 15 is 0 Å². The van der Waals surface area contributed by atoms with E-state index in [2.05, 4.69) is 15.4 Å². The van der Waals surface area contributed by atoms with Crippen LogP contribution in [0, 0.1) is 0 Å². The summed E-state index contributed by atoms with van der Waals surface area (Å²) in [5.74, 6) is -0.547. The Morgan fingerprint density at radius 1 is 1.35 bits per heavy atom. The molecule has 1 amide bonds. The molecule has 20 heavy (non-hydrogen) atoms. The van der Waals surface area contributed by atoms with Crippen LogP contribution in [0.1, 0.15) is 11.3 Å². The average Bonchev–Trinajstić information content (AvgIpc) is 2.71. The van der Waals surface area contributed by atoms with Crippen molar-refractivity contribution in [3.8, 4) is 0 Å². The molecule has 0 aliphatic heterocycles. The van der Waals surface area contributed by atoms with Gasteiger partial charge in [-0.05, 0) is 17.7 Å². The molecule has 0 saturated carbocycles. The molecule has 0 atom stereocenters. The summed E-state index contributed by atoms with van der Waals surface area (Å²) in [6.07, 6.45) is -0.510. The van der Waals surface area contributed by atoms with Gasteiger partial charge in [0.1, 0.15) is 0 Å². The lowest BCUT2D eigenvalue weighted by Gasteiger charge is -2.07. The highest BCUT2D eigenvalue weighted by Crippen LogP contribution is 2.33. The Balaban J connectivity index is 2.12. The van der Waals surface area contributed by atoms with Crippen LogP contribution < -0.4 is 5.32 Å². The van der Waals surface area contributed by atoms with E-state index in [4.69, 9.17) is 0 Å². The molecule has 2 rings (SSSR count). The highest BCUT2D eigenvalue weighted by molar-refractivity contribution is 5.92. The van der Waals surface area contributed by atoms with Gasteiger partial charge in [0.25, 0.3) is 0 Å². The number of hydrogen-bond donors (Lipinski definition) is 1. The topological polar surface area (TPSA) is 59.8 Å². The molecule has 0 unspecified atom stereocenters. The van der Waals surface area contributed by atoms with Gasteiger partial charge in [0.2, 0.25) is 5.91 Å². The summed E-state index contributed by atoms with van der Waals surface area (Å²) in [6, 6.07) is 3.24. The normalized spacial score (nSPS) is 11.4. The number of hydrogen-bond acceptors (Lipinski definition) is 3. The van der Waals surface area contributed by atoms with Gasteiger partial charge in [-0.15, -0.1) is 0 Å². The Kier molecular flexibility index (Phi) is 3.73. The Morgan fingerprint density at radius 2 is 2.00 bits per heavy atom. The molecule has 0 bridgehead atoms. The Bertz CT molecular complexity index is 607. The highest BCUT2D eigenvalue weighted by Gasteiger charge is 2.37. The molecular weight excluding hydrogens is 273 g/mol. The summed E-state index contributed by atoms with van der Waals surface area (Å²) in [7, 11) is 1.35. The van der Waals surface area contributed by atoms with Gasteiger partial charge in [-0.25, -0.2) is 0 Å². The van der Waals surface area contributed by atoms with Crippen molar-refractivity contribution in [2.45, 2.75) is 12.6 Å². The molecular formula is C12H11F3N4O. The van der Waals surface area contributed by atoms with E-state index in [1.54, 1.807) is 12.1 Å². The third-order valence-corrected chi connectivity index (χ3v) is 2.49. The molecule has 0 radical (unpaired) electrons. The first kappa shape index (κ1) is 14.0. The quantitative estimate of drug-likeness (QED) is 0.938. The van der Waals surface area contributed by atoms with E-state index in [0.717, 1.165) is 10.9 Å². The number of aromatic nitrogens is 3. The lowest BCUT2D eigenvalue weighted by molar-refractivity contribution is -0.140. The molecule has 2 aromatic heterocycles. The second kappa shape index (κ2) is 5.32. The number of aryl methyl sites for hydroxylation is 1. The molecule has 0 aliphatic carbocycles. The van der Waals surface area contributed by atoms with Crippen molar-refractivity contribution in [3.63, 3.8) is 0 Å². The van der Waals surface area contributed by atoms with E-state index in [1.807, 2.05) is 0 Å². The summed E-state index contributed by atoms with van der Waals surface area (Å²) >= 11 is 0. The summed E-state index contributed by atoms with van der Waals surface area (Å²) in [5, 5.41) is 5.53. The molecule has 0 aliphatic rings. The molecule has 5 nitrogen and oxygen atoms in total. The molecule has 0 spiro atoms. The van der Waals surface area contributed by atoms with Gasteiger partial charge in [-0.3, -0.25) is 14.5 Å². The molecule has 2 aromatic rings. The Hall–Kier alpha value is -2.38. The van der Waals surface area contributed by atoms with Crippen molar-refractivity contribution >= 4 is 11.6 Å². The zero-order chi connectivity index (χ0) is 14.8. The lowest BCUT2D eigenvalue weighted by Crippen LogP contribution is -2.17. The number of rotatable bonds is 3. The summed E-state index contributed by atoms with van der Waals surface area (Å²) < 4.78 is 39.1. The zero-order valence-corrected chi connectivity index (χ0v) is 10.5. The van der Waals surface area contributed by atoms with Gasteiger partial charge in [0.15, 0.2) is 5.69 Å². The maximum absolute atomic E-state index is 12.7. The number of anilines is 1. The van der Waals surface area contributed by atoms with Crippen molar-refractivity contribution in [1.29, 1.82) is 0 Å². The first-order chi connectivity index (χ1) is 9.36. The maximum Gasteiger partial charge on any atom is 0.437 e. The van der Waals surface area contributed by atoms with E-state index in [9.17, 15) is 18.0 Å². The highest BCUT2D eigenvalue weighted by atomic mass is 19.4. The average molecular weight is 284 g/mol. The molecule has 1 N–H and O–H groups in total. The van der Waals surface area contributed by atoms with Crippen LogP contribution in [0.15, 0.2) is 30.7 Å². The number of alkyl halides is 3. The number of pyridine rings is 1. The number of halogens is 3. The fraction of sp³-hybridized carbons (Fsp3) is 0.250. The monoisotopic (exact) mass is 284 g/mol. The smallest absolute Gasteiger partial charge is 0.323 e. The van der Waals surface area contributed by atoms with Crippen LogP contribution in [-0.2, 0) is 24.4 Å². The Labute approximate surface area is 112 Å². The van der Waals surface area contributed by atoms with Gasteiger partial charge in [-0.1, -0.05) is 0 Å². The molecule has 106 valence electrons. The number of amides is 1. The standard InChI is InChI=1S/C12H11F3N4O/c1-19-7-9(11(18-19)12(13,14)15)17-10(20)6-8-2-4-16-5-3-8/h2-5,7H,6H2,1H3,(H,17,20). The van der Waals surface area contributed by atoms with Crippen molar-refractivity contribution in [2.24, 2.45) is 7.05 Å². The van der Waals surface area contributed by atoms with Crippen molar-refractivity contribution in [2.75, 3.05) is 5.32 Å². The lowest BCUT2D eigenvalue weighted by atomic mass is 10.2. The molecule has 0 aromatic carbocycles. The minimum Gasteiger partial charge on any atom is -0.323 e. The molecule has 2 heterocycles. The summed E-state index contributed by atoms with van der Waals surface area (Å²) in [5.41, 5.74) is -0.794. The van der Waals surface area contributed by atoms with Crippen LogP contribution in [-0.4, -0.2) is 20.7 Å². The number of nitrogens with zero attached hydrogens (tertiary/aromatic N) is 3. The minimum atomic E-state index is -4.61. The van der Waals surface area contributed by atoms with Crippen LogP contribution in [0.5, 0.6) is 0 Å². The second-order valence-electron chi connectivity index (χ2n) is 4.14. The van der Waals surface area contributed by atoms with E-state index in [-0.39, 0.29) is 12.1 Å². The summed E-state index contributed by atoms with van der Waals surface area (Å²) in [6.45, 7) is 0. The Morgan fingerprint density at radius 3 is 2.60 bits per heavy atom. The van der Waals surface area contributed by atoms with Gasteiger partial charge < -0.3 is 5.32 Å². The fourth-order valence-corrected chi connectivity index (χ4v) is 1.67. The predicted molar refractivity (Wildman–Crippen MR) is 64.8 cm³/mol. The maximum atomic E-state index is 12.7. The third kappa shape index (κ3) is 3.34. The van der Waals surface area contributed by atoms with Crippen LogP contribution in [0.4, 0.5) is 18.9 Å². The van der Waals surface area contributed by atoms with Gasteiger partial charge >= 0.3 is 6.18 Å². The number of nitrogens with one attached hydrogen (secondary N) is 1. The van der Waals surface area contributed by atoms with Crippen molar-refractivity contribution in [3.05, 3.63) is 42.0 Å². The van der Waals surface area contributed by atoms with E-state index in [1.165, 1.54) is 19.4 Å².